The number of fused-ring (bicyclic) bond motifs is 1. The first-order valence-corrected chi connectivity index (χ1v) is 7.39. The highest BCUT2D eigenvalue weighted by molar-refractivity contribution is 9.10. The Morgan fingerprint density at radius 3 is 2.62 bits per heavy atom. The van der Waals surface area contributed by atoms with Crippen LogP contribution in [0.3, 0.4) is 0 Å². The van der Waals surface area contributed by atoms with E-state index in [1.807, 2.05) is 6.07 Å². The average Bonchev–Trinajstić information content (AvgIpc) is 2.85. The fourth-order valence-corrected chi connectivity index (χ4v) is 2.80. The first-order valence-electron chi connectivity index (χ1n) is 5.84. The molecule has 6 heteroatoms. The zero-order chi connectivity index (χ0) is 15.1. The molecular weight excluding hydrogens is 382 g/mol. The van der Waals surface area contributed by atoms with Crippen LogP contribution >= 0.6 is 39.1 Å². The number of furan rings is 1. The molecule has 106 valence electrons. The van der Waals surface area contributed by atoms with Crippen molar-refractivity contribution in [3.05, 3.63) is 68.1 Å². The van der Waals surface area contributed by atoms with Crippen LogP contribution in [0, 0.1) is 5.82 Å². The minimum Gasteiger partial charge on any atom is -0.453 e. The second-order valence-corrected chi connectivity index (χ2v) is 6.10. The topological polar surface area (TPSA) is 30.2 Å². The molecule has 0 aliphatic rings. The molecule has 0 saturated carbocycles. The van der Waals surface area contributed by atoms with Gasteiger partial charge in [0.1, 0.15) is 11.4 Å². The molecule has 1 heterocycles. The van der Waals surface area contributed by atoms with E-state index in [1.54, 1.807) is 18.2 Å². The highest BCUT2D eigenvalue weighted by atomic mass is 79.9. The molecule has 2 nitrogen and oxygen atoms in total. The monoisotopic (exact) mass is 386 g/mol. The van der Waals surface area contributed by atoms with E-state index in [4.69, 9.17) is 27.6 Å². The van der Waals surface area contributed by atoms with Crippen LogP contribution in [-0.4, -0.2) is 5.78 Å². The Morgan fingerprint density at radius 1 is 1.10 bits per heavy atom. The van der Waals surface area contributed by atoms with Gasteiger partial charge < -0.3 is 4.42 Å². The summed E-state index contributed by atoms with van der Waals surface area (Å²) < 4.78 is 19.9. The smallest absolute Gasteiger partial charge is 0.229 e. The Kier molecular flexibility index (Phi) is 3.78. The molecule has 0 bridgehead atoms. The summed E-state index contributed by atoms with van der Waals surface area (Å²) >= 11 is 14.9. The van der Waals surface area contributed by atoms with Crippen molar-refractivity contribution in [1.82, 2.24) is 0 Å². The van der Waals surface area contributed by atoms with E-state index in [-0.39, 0.29) is 21.4 Å². The van der Waals surface area contributed by atoms with Gasteiger partial charge in [-0.25, -0.2) is 4.39 Å². The zero-order valence-electron chi connectivity index (χ0n) is 10.3. The Balaban J connectivity index is 2.10. The van der Waals surface area contributed by atoms with Crippen LogP contribution in [0.25, 0.3) is 11.0 Å². The molecular formula is C15H6BrCl2FO2. The van der Waals surface area contributed by atoms with E-state index in [9.17, 15) is 9.18 Å². The summed E-state index contributed by atoms with van der Waals surface area (Å²) in [5, 5.41) is 0.705. The molecule has 3 rings (SSSR count). The van der Waals surface area contributed by atoms with E-state index in [0.29, 0.717) is 5.58 Å². The van der Waals surface area contributed by atoms with Crippen molar-refractivity contribution >= 4 is 55.9 Å². The molecule has 0 aliphatic carbocycles. The molecule has 0 amide bonds. The van der Waals surface area contributed by atoms with Crippen molar-refractivity contribution in [1.29, 1.82) is 0 Å². The molecule has 3 aromatic rings. The standard InChI is InChI=1S/C15H6BrCl2FO2/c16-8-1-2-13-7(3-8)4-14(21-13)15(20)9-5-12(19)11(18)6-10(9)17/h1-6H. The van der Waals surface area contributed by atoms with Crippen molar-refractivity contribution in [3.63, 3.8) is 0 Å². The average molecular weight is 388 g/mol. The molecule has 0 unspecified atom stereocenters. The molecule has 0 saturated heterocycles. The number of halogens is 4. The lowest BCUT2D eigenvalue weighted by atomic mass is 10.1. The molecule has 2 aromatic carbocycles. The summed E-state index contributed by atoms with van der Waals surface area (Å²) in [5.41, 5.74) is 0.573. The van der Waals surface area contributed by atoms with Gasteiger partial charge in [-0.2, -0.15) is 0 Å². The maximum atomic E-state index is 13.5. The lowest BCUT2D eigenvalue weighted by Gasteiger charge is -2.02. The highest BCUT2D eigenvalue weighted by Gasteiger charge is 2.19. The maximum absolute atomic E-state index is 13.5. The lowest BCUT2D eigenvalue weighted by Crippen LogP contribution is -2.01. The fourth-order valence-electron chi connectivity index (χ4n) is 1.96. The van der Waals surface area contributed by atoms with Gasteiger partial charge >= 0.3 is 0 Å². The van der Waals surface area contributed by atoms with Gasteiger partial charge in [-0.15, -0.1) is 0 Å². The van der Waals surface area contributed by atoms with Crippen LogP contribution in [-0.2, 0) is 0 Å². The van der Waals surface area contributed by atoms with Gasteiger partial charge in [-0.1, -0.05) is 39.1 Å². The largest absolute Gasteiger partial charge is 0.453 e. The van der Waals surface area contributed by atoms with Crippen LogP contribution in [0.5, 0.6) is 0 Å². The number of ketones is 1. The van der Waals surface area contributed by atoms with Crippen molar-refractivity contribution < 1.29 is 13.6 Å². The number of carbonyl (C=O) groups excluding carboxylic acids is 1. The minimum absolute atomic E-state index is 0.0108. The molecule has 0 aliphatic heterocycles. The Morgan fingerprint density at radius 2 is 1.86 bits per heavy atom. The third-order valence-electron chi connectivity index (χ3n) is 2.96. The lowest BCUT2D eigenvalue weighted by molar-refractivity contribution is 0.101. The van der Waals surface area contributed by atoms with Crippen LogP contribution in [0.1, 0.15) is 16.1 Å². The summed E-state index contributed by atoms with van der Waals surface area (Å²) in [6, 6.07) is 9.15. The predicted octanol–water partition coefficient (Wildman–Crippen LogP) is 5.87. The van der Waals surface area contributed by atoms with Gasteiger partial charge in [0, 0.05) is 15.4 Å². The van der Waals surface area contributed by atoms with Crippen LogP contribution in [0.15, 0.2) is 45.3 Å². The van der Waals surface area contributed by atoms with Gasteiger partial charge in [0.2, 0.25) is 5.78 Å². The molecule has 0 N–H and O–H groups in total. The minimum atomic E-state index is -0.705. The normalized spacial score (nSPS) is 11.0. The predicted molar refractivity (Wildman–Crippen MR) is 83.8 cm³/mol. The van der Waals surface area contributed by atoms with Crippen LogP contribution in [0.2, 0.25) is 10.0 Å². The second kappa shape index (κ2) is 5.44. The summed E-state index contributed by atoms with van der Waals surface area (Å²) in [7, 11) is 0. The highest BCUT2D eigenvalue weighted by Crippen LogP contribution is 2.29. The summed E-state index contributed by atoms with van der Waals surface area (Å²) in [6.45, 7) is 0. The molecule has 0 radical (unpaired) electrons. The van der Waals surface area contributed by atoms with Gasteiger partial charge in [0.15, 0.2) is 5.76 Å². The molecule has 0 atom stereocenters. The van der Waals surface area contributed by atoms with Gasteiger partial charge in [-0.3, -0.25) is 4.79 Å². The number of rotatable bonds is 2. The Labute approximate surface area is 137 Å². The van der Waals surface area contributed by atoms with Crippen LogP contribution in [0.4, 0.5) is 4.39 Å². The molecule has 21 heavy (non-hydrogen) atoms. The van der Waals surface area contributed by atoms with E-state index in [1.165, 1.54) is 6.07 Å². The van der Waals surface area contributed by atoms with Crippen molar-refractivity contribution in [2.24, 2.45) is 0 Å². The Hall–Kier alpha value is -1.36. The number of benzene rings is 2. The van der Waals surface area contributed by atoms with Gasteiger partial charge in [0.05, 0.1) is 10.0 Å². The molecule has 1 aromatic heterocycles. The van der Waals surface area contributed by atoms with Crippen molar-refractivity contribution in [3.8, 4) is 0 Å². The Bertz CT molecular complexity index is 873. The molecule has 0 spiro atoms. The summed E-state index contributed by atoms with van der Waals surface area (Å²) in [5.74, 6) is -1.11. The zero-order valence-corrected chi connectivity index (χ0v) is 13.4. The van der Waals surface area contributed by atoms with E-state index >= 15 is 0 Å². The summed E-state index contributed by atoms with van der Waals surface area (Å²) in [4.78, 5) is 12.4. The van der Waals surface area contributed by atoms with E-state index < -0.39 is 11.6 Å². The maximum Gasteiger partial charge on any atom is 0.229 e. The first-order chi connectivity index (χ1) is 9.95. The quantitative estimate of drug-likeness (QED) is 0.406. The van der Waals surface area contributed by atoms with Gasteiger partial charge in [0.25, 0.3) is 0 Å². The third-order valence-corrected chi connectivity index (χ3v) is 4.05. The van der Waals surface area contributed by atoms with Crippen molar-refractivity contribution in [2.45, 2.75) is 0 Å². The second-order valence-electron chi connectivity index (χ2n) is 4.37. The summed E-state index contributed by atoms with van der Waals surface area (Å²) in [6.07, 6.45) is 0. The van der Waals surface area contributed by atoms with Gasteiger partial charge in [-0.05, 0) is 36.4 Å². The number of hydrogen-bond acceptors (Lipinski definition) is 2. The fraction of sp³-hybridized carbons (Fsp3) is 0. The van der Waals surface area contributed by atoms with Crippen LogP contribution < -0.4 is 0 Å². The van der Waals surface area contributed by atoms with E-state index in [2.05, 4.69) is 15.9 Å². The van der Waals surface area contributed by atoms with E-state index in [0.717, 1.165) is 15.9 Å². The SMILES string of the molecule is O=C(c1cc2cc(Br)ccc2o1)c1cc(F)c(Cl)cc1Cl. The number of hydrogen-bond donors (Lipinski definition) is 0. The number of carbonyl (C=O) groups is 1. The molecule has 0 fully saturated rings. The van der Waals surface area contributed by atoms with Crippen molar-refractivity contribution in [2.75, 3.05) is 0 Å². The first kappa shape index (κ1) is 14.6. The third kappa shape index (κ3) is 2.71.